The number of hydrogen-bond acceptors (Lipinski definition) is 2. The molecule has 0 spiro atoms. The fourth-order valence-electron chi connectivity index (χ4n) is 0.0417. The highest BCUT2D eigenvalue weighted by atomic mass is 35.5. The average molecular weight is 121 g/mol. The Kier molecular flexibility index (Phi) is 7.21. The quantitative estimate of drug-likeness (QED) is 0.187. The van der Waals surface area contributed by atoms with Crippen molar-refractivity contribution in [2.45, 2.75) is 0 Å². The number of nitrogens with two attached hydrogens (primary N) is 1. The van der Waals surface area contributed by atoms with Crippen LogP contribution in [0.25, 0.3) is 0 Å². The maximum absolute atomic E-state index is 9.71. The first-order valence-corrected chi connectivity index (χ1v) is 1.28. The van der Waals surface area contributed by atoms with Crippen LogP contribution in [0.5, 0.6) is 0 Å². The molecule has 0 radical (unpaired) electrons. The van der Waals surface area contributed by atoms with E-state index in [0.717, 1.165) is 0 Å². The molecule has 0 fully saturated rings. The molecular formula is C3H5ClN2O. The van der Waals surface area contributed by atoms with E-state index in [1.54, 1.807) is 11.3 Å². The van der Waals surface area contributed by atoms with Gasteiger partial charge in [-0.25, -0.2) is 5.84 Å². The number of rotatable bonds is 0. The number of nitrogens with one attached hydrogen (secondary N) is 1. The Balaban J connectivity index is 0. The molecule has 0 saturated carbocycles. The number of carbonyl (C=O) groups is 1. The third-order valence-electron chi connectivity index (χ3n) is 0.262. The molecule has 0 aromatic heterocycles. The van der Waals surface area contributed by atoms with Gasteiger partial charge in [0.1, 0.15) is 0 Å². The molecule has 4 heteroatoms. The lowest BCUT2D eigenvalue weighted by molar-refractivity contribution is -0.115. The third kappa shape index (κ3) is 5.28. The van der Waals surface area contributed by atoms with Crippen molar-refractivity contribution in [3.8, 4) is 12.3 Å². The largest absolute Gasteiger partial charge is 0.309 e. The summed E-state index contributed by atoms with van der Waals surface area (Å²) in [5.41, 5.74) is 1.74. The van der Waals surface area contributed by atoms with E-state index in [1.807, 2.05) is 0 Å². The van der Waals surface area contributed by atoms with Crippen molar-refractivity contribution in [2.24, 2.45) is 5.84 Å². The van der Waals surface area contributed by atoms with E-state index in [1.165, 1.54) is 0 Å². The van der Waals surface area contributed by atoms with Gasteiger partial charge in [0.15, 0.2) is 0 Å². The lowest BCUT2D eigenvalue weighted by atomic mass is 10.7. The van der Waals surface area contributed by atoms with Crippen molar-refractivity contribution < 1.29 is 4.79 Å². The van der Waals surface area contributed by atoms with Crippen LogP contribution in [0.2, 0.25) is 0 Å². The Hall–Kier alpha value is -0.720. The summed E-state index contributed by atoms with van der Waals surface area (Å²) in [6.45, 7) is 0. The first kappa shape index (κ1) is 9.56. The highest BCUT2D eigenvalue weighted by Gasteiger charge is 1.80. The van der Waals surface area contributed by atoms with Crippen LogP contribution in [0.3, 0.4) is 0 Å². The van der Waals surface area contributed by atoms with Gasteiger partial charge < -0.3 is 0 Å². The van der Waals surface area contributed by atoms with Crippen LogP contribution in [0.4, 0.5) is 0 Å². The van der Waals surface area contributed by atoms with Gasteiger partial charge in [0.25, 0.3) is 0 Å². The summed E-state index contributed by atoms with van der Waals surface area (Å²) in [7, 11) is 0. The molecule has 0 aliphatic rings. The number of hydrogen-bond donors (Lipinski definition) is 2. The molecule has 0 heterocycles. The van der Waals surface area contributed by atoms with Crippen molar-refractivity contribution in [3.05, 3.63) is 0 Å². The fraction of sp³-hybridized carbons (Fsp3) is 0. The summed E-state index contributed by atoms with van der Waals surface area (Å²) in [4.78, 5) is 9.71. The van der Waals surface area contributed by atoms with E-state index in [4.69, 9.17) is 0 Å². The van der Waals surface area contributed by atoms with Crippen molar-refractivity contribution in [2.75, 3.05) is 0 Å². The summed E-state index contributed by atoms with van der Waals surface area (Å²) in [5, 5.41) is 0. The highest BCUT2D eigenvalue weighted by Crippen LogP contribution is 1.44. The molecule has 1 amide bonds. The molecule has 0 aromatic carbocycles. The Morgan fingerprint density at radius 3 is 2.29 bits per heavy atom. The summed E-state index contributed by atoms with van der Waals surface area (Å²) in [5.74, 6) is 5.68. The van der Waals surface area contributed by atoms with Gasteiger partial charge in [-0.3, -0.25) is 10.2 Å². The molecule has 0 aliphatic carbocycles. The van der Waals surface area contributed by atoms with E-state index >= 15 is 0 Å². The summed E-state index contributed by atoms with van der Waals surface area (Å²) < 4.78 is 0. The van der Waals surface area contributed by atoms with E-state index < -0.39 is 5.91 Å². The molecule has 0 rings (SSSR count). The number of terminal acetylenes is 1. The van der Waals surface area contributed by atoms with Gasteiger partial charge in [-0.05, 0) is 5.92 Å². The van der Waals surface area contributed by atoms with Gasteiger partial charge in [0.2, 0.25) is 0 Å². The molecule has 0 aliphatic heterocycles. The SMILES string of the molecule is C#CC(=O)NN.Cl. The van der Waals surface area contributed by atoms with Crippen molar-refractivity contribution in [1.29, 1.82) is 0 Å². The molecule has 40 valence electrons. The average Bonchev–Trinajstić information content (AvgIpc) is 1.65. The Morgan fingerprint density at radius 1 is 1.86 bits per heavy atom. The van der Waals surface area contributed by atoms with Crippen LogP contribution >= 0.6 is 12.4 Å². The van der Waals surface area contributed by atoms with Crippen LogP contribution in [0.15, 0.2) is 0 Å². The molecule has 0 unspecified atom stereocenters. The van der Waals surface area contributed by atoms with Crippen LogP contribution in [-0.4, -0.2) is 5.91 Å². The van der Waals surface area contributed by atoms with Crippen molar-refractivity contribution in [1.82, 2.24) is 5.43 Å². The zero-order valence-corrected chi connectivity index (χ0v) is 4.29. The summed E-state index contributed by atoms with van der Waals surface area (Å²) in [6, 6.07) is 0. The van der Waals surface area contributed by atoms with Crippen LogP contribution in [-0.2, 0) is 4.79 Å². The number of hydrazine groups is 1. The minimum absolute atomic E-state index is 0. The molecular weight excluding hydrogens is 115 g/mol. The third-order valence-corrected chi connectivity index (χ3v) is 0.262. The second-order valence-corrected chi connectivity index (χ2v) is 0.618. The maximum atomic E-state index is 9.71. The molecule has 3 nitrogen and oxygen atoms in total. The van der Waals surface area contributed by atoms with Gasteiger partial charge in [0, 0.05) is 0 Å². The highest BCUT2D eigenvalue weighted by molar-refractivity contribution is 5.92. The fourth-order valence-corrected chi connectivity index (χ4v) is 0.0417. The van der Waals surface area contributed by atoms with Gasteiger partial charge >= 0.3 is 5.91 Å². The predicted molar refractivity (Wildman–Crippen MR) is 28.4 cm³/mol. The van der Waals surface area contributed by atoms with E-state index in [9.17, 15) is 4.79 Å². The second kappa shape index (κ2) is 5.28. The minimum atomic E-state index is -0.602. The first-order valence-electron chi connectivity index (χ1n) is 1.28. The van der Waals surface area contributed by atoms with Crippen LogP contribution in [0, 0.1) is 12.3 Å². The van der Waals surface area contributed by atoms with E-state index in [2.05, 4.69) is 12.3 Å². The molecule has 3 N–H and O–H groups in total. The van der Waals surface area contributed by atoms with Gasteiger partial charge in [0.05, 0.1) is 0 Å². The predicted octanol–water partition coefficient (Wildman–Crippen LogP) is -0.969. The molecule has 7 heavy (non-hydrogen) atoms. The Bertz CT molecular complexity index is 95.6. The van der Waals surface area contributed by atoms with Gasteiger partial charge in [-0.2, -0.15) is 0 Å². The number of carbonyl (C=O) groups excluding carboxylic acids is 1. The summed E-state index contributed by atoms with van der Waals surface area (Å²) in [6.07, 6.45) is 4.54. The molecule has 0 saturated heterocycles. The smallest absolute Gasteiger partial charge is 0.283 e. The maximum Gasteiger partial charge on any atom is 0.309 e. The van der Waals surface area contributed by atoms with E-state index in [-0.39, 0.29) is 12.4 Å². The normalized spacial score (nSPS) is 5.14. The van der Waals surface area contributed by atoms with Gasteiger partial charge in [-0.1, -0.05) is 0 Å². The molecule has 0 aromatic rings. The zero-order chi connectivity index (χ0) is 4.99. The van der Waals surface area contributed by atoms with Crippen LogP contribution < -0.4 is 11.3 Å². The zero-order valence-electron chi connectivity index (χ0n) is 3.47. The number of halogens is 1. The monoisotopic (exact) mass is 120 g/mol. The lowest BCUT2D eigenvalue weighted by Crippen LogP contribution is -2.28. The minimum Gasteiger partial charge on any atom is -0.283 e. The van der Waals surface area contributed by atoms with Crippen LogP contribution in [0.1, 0.15) is 0 Å². The molecule has 0 atom stereocenters. The second-order valence-electron chi connectivity index (χ2n) is 0.618. The first-order chi connectivity index (χ1) is 2.81. The number of amides is 1. The standard InChI is InChI=1S/C3H4N2O.ClH/c1-2-3(6)5-4;/h1H,4H2,(H,5,6);1H. The van der Waals surface area contributed by atoms with E-state index in [0.29, 0.717) is 0 Å². The van der Waals surface area contributed by atoms with Crippen molar-refractivity contribution >= 4 is 18.3 Å². The van der Waals surface area contributed by atoms with Gasteiger partial charge in [-0.15, -0.1) is 18.8 Å². The Labute approximate surface area is 47.6 Å². The topological polar surface area (TPSA) is 55.1 Å². The van der Waals surface area contributed by atoms with Crippen molar-refractivity contribution in [3.63, 3.8) is 0 Å². The summed E-state index contributed by atoms with van der Waals surface area (Å²) >= 11 is 0. The Morgan fingerprint density at radius 2 is 2.29 bits per heavy atom. The molecule has 0 bridgehead atoms. The lowest BCUT2D eigenvalue weighted by Gasteiger charge is -1.80.